The highest BCUT2D eigenvalue weighted by atomic mass is 15.1. The molecule has 0 aliphatic heterocycles. The van der Waals surface area contributed by atoms with Gasteiger partial charge in [0.15, 0.2) is 0 Å². The quantitative estimate of drug-likeness (QED) is 0.169. The van der Waals surface area contributed by atoms with Gasteiger partial charge in [0, 0.05) is 33.5 Å². The van der Waals surface area contributed by atoms with E-state index in [0.29, 0.717) is 0 Å². The van der Waals surface area contributed by atoms with Crippen LogP contribution >= 0.6 is 0 Å². The van der Waals surface area contributed by atoms with Crippen molar-refractivity contribution in [1.82, 2.24) is 4.57 Å². The molecule has 8 aromatic carbocycles. The molecular formula is C48H34N2. The Labute approximate surface area is 292 Å². The van der Waals surface area contributed by atoms with E-state index in [0.717, 1.165) is 17.1 Å². The van der Waals surface area contributed by atoms with Crippen LogP contribution < -0.4 is 4.90 Å². The summed E-state index contributed by atoms with van der Waals surface area (Å²) in [4.78, 5) is 2.31. The molecule has 0 amide bonds. The number of hydrogen-bond donors (Lipinski definition) is 0. The van der Waals surface area contributed by atoms with Crippen LogP contribution in [0.5, 0.6) is 0 Å². The maximum absolute atomic E-state index is 2.36. The maximum Gasteiger partial charge on any atom is 0.0541 e. The van der Waals surface area contributed by atoms with Crippen LogP contribution in [0, 0.1) is 0 Å². The van der Waals surface area contributed by atoms with Crippen LogP contribution in [-0.2, 0) is 0 Å². The molecule has 9 aromatic rings. The lowest BCUT2D eigenvalue weighted by atomic mass is 9.99. The third-order valence-electron chi connectivity index (χ3n) is 9.63. The average Bonchev–Trinajstić information content (AvgIpc) is 3.54. The normalized spacial score (nSPS) is 11.2. The summed E-state index contributed by atoms with van der Waals surface area (Å²) in [6.45, 7) is 0. The zero-order valence-corrected chi connectivity index (χ0v) is 27.5. The van der Waals surface area contributed by atoms with Gasteiger partial charge < -0.3 is 9.47 Å². The van der Waals surface area contributed by atoms with Gasteiger partial charge in [0.05, 0.1) is 11.0 Å². The second kappa shape index (κ2) is 12.8. The Morgan fingerprint density at radius 1 is 0.260 bits per heavy atom. The van der Waals surface area contributed by atoms with Crippen LogP contribution in [0.3, 0.4) is 0 Å². The molecule has 0 unspecified atom stereocenters. The van der Waals surface area contributed by atoms with Gasteiger partial charge in [-0.3, -0.25) is 0 Å². The van der Waals surface area contributed by atoms with Crippen molar-refractivity contribution in [3.8, 4) is 39.1 Å². The Kier molecular flexibility index (Phi) is 7.53. The monoisotopic (exact) mass is 638 g/mol. The Morgan fingerprint density at radius 3 is 1.04 bits per heavy atom. The number of anilines is 3. The minimum atomic E-state index is 1.12. The molecule has 2 nitrogen and oxygen atoms in total. The lowest BCUT2D eigenvalue weighted by molar-refractivity contribution is 1.18. The predicted octanol–water partition coefficient (Wildman–Crippen LogP) is 13.3. The van der Waals surface area contributed by atoms with Crippen molar-refractivity contribution in [2.45, 2.75) is 0 Å². The Bertz CT molecular complexity index is 2480. The summed E-state index contributed by atoms with van der Waals surface area (Å²) in [5.41, 5.74) is 14.2. The molecule has 0 saturated carbocycles. The lowest BCUT2D eigenvalue weighted by Crippen LogP contribution is -2.09. The number of rotatable bonds is 7. The van der Waals surface area contributed by atoms with E-state index in [1.165, 1.54) is 60.9 Å². The van der Waals surface area contributed by atoms with Crippen molar-refractivity contribution in [3.63, 3.8) is 0 Å². The maximum atomic E-state index is 2.36. The molecule has 0 radical (unpaired) electrons. The number of benzene rings is 8. The molecule has 0 saturated heterocycles. The summed E-state index contributed by atoms with van der Waals surface area (Å²) >= 11 is 0. The molecule has 0 aliphatic carbocycles. The van der Waals surface area contributed by atoms with Gasteiger partial charge in [0.1, 0.15) is 0 Å². The number of aromatic nitrogens is 1. The molecular weight excluding hydrogens is 605 g/mol. The summed E-state index contributed by atoms with van der Waals surface area (Å²) in [7, 11) is 0. The van der Waals surface area contributed by atoms with Crippen molar-refractivity contribution < 1.29 is 0 Å². The molecule has 1 heterocycles. The Morgan fingerprint density at radius 2 is 0.580 bits per heavy atom. The SMILES string of the molecule is c1ccc(-c2ccc(N(c3ccccc3)c3ccc(-c4ccc(-c5ccc(-n6c7ccccc7c7ccccc76)cc5)cc4)cc3)cc2)cc1. The minimum Gasteiger partial charge on any atom is -0.311 e. The molecule has 0 spiro atoms. The van der Waals surface area contributed by atoms with Crippen LogP contribution in [0.1, 0.15) is 0 Å². The van der Waals surface area contributed by atoms with E-state index >= 15 is 0 Å². The predicted molar refractivity (Wildman–Crippen MR) is 212 cm³/mol. The first-order valence-corrected chi connectivity index (χ1v) is 17.1. The highest BCUT2D eigenvalue weighted by Crippen LogP contribution is 2.37. The standard InChI is InChI=1S/C48H34N2/c1-3-11-35(12-4-1)38-23-29-42(30-24-38)49(41-13-5-2-6-14-41)43-31-25-39(26-32-43)36-19-21-37(22-20-36)40-27-33-44(34-28-40)50-47-17-9-7-15-45(47)46-16-8-10-18-48(46)50/h1-34H. The van der Waals surface area contributed by atoms with Gasteiger partial charge in [-0.2, -0.15) is 0 Å². The van der Waals surface area contributed by atoms with Gasteiger partial charge in [-0.05, 0) is 94.0 Å². The van der Waals surface area contributed by atoms with E-state index in [1.807, 2.05) is 0 Å². The third kappa shape index (κ3) is 5.43. The van der Waals surface area contributed by atoms with Gasteiger partial charge in [0.25, 0.3) is 0 Å². The molecule has 2 heteroatoms. The summed E-state index contributed by atoms with van der Waals surface area (Å²) in [6, 6.07) is 73.9. The number of hydrogen-bond acceptors (Lipinski definition) is 1. The van der Waals surface area contributed by atoms with E-state index in [4.69, 9.17) is 0 Å². The zero-order valence-electron chi connectivity index (χ0n) is 27.5. The second-order valence-corrected chi connectivity index (χ2v) is 12.6. The van der Waals surface area contributed by atoms with Gasteiger partial charge in [-0.15, -0.1) is 0 Å². The summed E-state index contributed by atoms with van der Waals surface area (Å²) < 4.78 is 2.36. The zero-order chi connectivity index (χ0) is 33.3. The van der Waals surface area contributed by atoms with Crippen LogP contribution in [-0.4, -0.2) is 4.57 Å². The molecule has 236 valence electrons. The third-order valence-corrected chi connectivity index (χ3v) is 9.63. The van der Waals surface area contributed by atoms with Gasteiger partial charge in [-0.1, -0.05) is 146 Å². The first-order valence-electron chi connectivity index (χ1n) is 17.1. The van der Waals surface area contributed by atoms with Crippen LogP contribution in [0.25, 0.3) is 60.9 Å². The van der Waals surface area contributed by atoms with Crippen LogP contribution in [0.4, 0.5) is 17.1 Å². The van der Waals surface area contributed by atoms with E-state index in [9.17, 15) is 0 Å². The molecule has 0 N–H and O–H groups in total. The molecule has 1 aromatic heterocycles. The van der Waals surface area contributed by atoms with E-state index in [1.54, 1.807) is 0 Å². The van der Waals surface area contributed by atoms with Gasteiger partial charge >= 0.3 is 0 Å². The Hall–Kier alpha value is -6.64. The van der Waals surface area contributed by atoms with E-state index < -0.39 is 0 Å². The highest BCUT2D eigenvalue weighted by molar-refractivity contribution is 6.09. The van der Waals surface area contributed by atoms with E-state index in [-0.39, 0.29) is 0 Å². The van der Waals surface area contributed by atoms with Crippen molar-refractivity contribution in [2.75, 3.05) is 4.90 Å². The Balaban J connectivity index is 0.975. The minimum absolute atomic E-state index is 1.12. The largest absolute Gasteiger partial charge is 0.311 e. The molecule has 50 heavy (non-hydrogen) atoms. The summed E-state index contributed by atoms with van der Waals surface area (Å²) in [6.07, 6.45) is 0. The van der Waals surface area contributed by atoms with Gasteiger partial charge in [0.2, 0.25) is 0 Å². The first-order chi connectivity index (χ1) is 24.8. The molecule has 0 fully saturated rings. The lowest BCUT2D eigenvalue weighted by Gasteiger charge is -2.26. The molecule has 9 rings (SSSR count). The smallest absolute Gasteiger partial charge is 0.0541 e. The average molecular weight is 639 g/mol. The fraction of sp³-hybridized carbons (Fsp3) is 0. The summed E-state index contributed by atoms with van der Waals surface area (Å²) in [5, 5.41) is 2.56. The van der Waals surface area contributed by atoms with Gasteiger partial charge in [-0.25, -0.2) is 0 Å². The summed E-state index contributed by atoms with van der Waals surface area (Å²) in [5.74, 6) is 0. The molecule has 0 aliphatic rings. The van der Waals surface area contributed by atoms with Crippen molar-refractivity contribution >= 4 is 38.9 Å². The number of fused-ring (bicyclic) bond motifs is 3. The highest BCUT2D eigenvalue weighted by Gasteiger charge is 2.14. The fourth-order valence-electron chi connectivity index (χ4n) is 7.12. The molecule has 0 bridgehead atoms. The number of para-hydroxylation sites is 3. The fourth-order valence-corrected chi connectivity index (χ4v) is 7.12. The van der Waals surface area contributed by atoms with Crippen molar-refractivity contribution in [1.29, 1.82) is 0 Å². The van der Waals surface area contributed by atoms with Crippen molar-refractivity contribution in [3.05, 3.63) is 206 Å². The van der Waals surface area contributed by atoms with E-state index in [2.05, 4.69) is 216 Å². The molecule has 0 atom stereocenters. The topological polar surface area (TPSA) is 8.17 Å². The second-order valence-electron chi connectivity index (χ2n) is 12.6. The van der Waals surface area contributed by atoms with Crippen LogP contribution in [0.2, 0.25) is 0 Å². The number of nitrogens with zero attached hydrogens (tertiary/aromatic N) is 2. The van der Waals surface area contributed by atoms with Crippen LogP contribution in [0.15, 0.2) is 206 Å². The first kappa shape index (κ1) is 29.5. The van der Waals surface area contributed by atoms with Crippen molar-refractivity contribution in [2.24, 2.45) is 0 Å².